The minimum atomic E-state index is -3.77. The summed E-state index contributed by atoms with van der Waals surface area (Å²) in [5.74, 6) is -1.56. The summed E-state index contributed by atoms with van der Waals surface area (Å²) in [4.78, 5) is 33.8. The molecule has 0 radical (unpaired) electrons. The molecule has 0 aliphatic heterocycles. The lowest BCUT2D eigenvalue weighted by molar-refractivity contribution is -0.384. The van der Waals surface area contributed by atoms with Crippen molar-refractivity contribution < 1.29 is 27.7 Å². The zero-order chi connectivity index (χ0) is 22.3. The van der Waals surface area contributed by atoms with E-state index in [1.54, 1.807) is 12.1 Å². The van der Waals surface area contributed by atoms with E-state index in [0.29, 0.717) is 0 Å². The van der Waals surface area contributed by atoms with Gasteiger partial charge in [0.25, 0.3) is 11.6 Å². The Hall–Kier alpha value is -3.02. The monoisotopic (exact) mass is 455 g/mol. The molecule has 30 heavy (non-hydrogen) atoms. The molecule has 10 nitrogen and oxygen atoms in total. The van der Waals surface area contributed by atoms with Crippen molar-refractivity contribution in [1.29, 1.82) is 0 Å². The van der Waals surface area contributed by atoms with Crippen LogP contribution in [0.15, 0.2) is 47.4 Å². The molecule has 0 bridgehead atoms. The molecule has 0 saturated heterocycles. The van der Waals surface area contributed by atoms with Crippen molar-refractivity contribution in [2.24, 2.45) is 0 Å². The van der Waals surface area contributed by atoms with Crippen molar-refractivity contribution in [3.8, 4) is 0 Å². The molecule has 0 aromatic heterocycles. The number of esters is 1. The maximum atomic E-state index is 12.1. The van der Waals surface area contributed by atoms with Crippen molar-refractivity contribution in [2.45, 2.75) is 18.2 Å². The fourth-order valence-electron chi connectivity index (χ4n) is 2.22. The van der Waals surface area contributed by atoms with E-state index in [0.717, 1.165) is 11.6 Å². The summed E-state index contributed by atoms with van der Waals surface area (Å²) in [6.45, 7) is 0.943. The number of benzene rings is 2. The molecule has 0 unspecified atom stereocenters. The number of nitrogens with zero attached hydrogens (tertiary/aromatic N) is 1. The molecule has 0 spiro atoms. The SMILES string of the molecule is Cc1ccc(S(=O)(=O)NCCC(=O)OCC(=O)Nc2cc([N+](=O)[O-])ccc2Cl)cc1. The highest BCUT2D eigenvalue weighted by molar-refractivity contribution is 7.89. The molecule has 2 rings (SSSR count). The summed E-state index contributed by atoms with van der Waals surface area (Å²) >= 11 is 5.87. The molecule has 1 amide bonds. The number of carbonyl (C=O) groups excluding carboxylic acids is 2. The number of carbonyl (C=O) groups is 2. The van der Waals surface area contributed by atoms with Crippen LogP contribution in [-0.4, -0.2) is 38.4 Å². The van der Waals surface area contributed by atoms with E-state index in [1.165, 1.54) is 24.3 Å². The lowest BCUT2D eigenvalue weighted by atomic mass is 10.2. The molecule has 0 fully saturated rings. The van der Waals surface area contributed by atoms with Gasteiger partial charge in [-0.25, -0.2) is 13.1 Å². The Balaban J connectivity index is 1.79. The predicted molar refractivity (Wildman–Crippen MR) is 109 cm³/mol. The second-order valence-electron chi connectivity index (χ2n) is 6.09. The van der Waals surface area contributed by atoms with Crippen molar-refractivity contribution in [3.63, 3.8) is 0 Å². The summed E-state index contributed by atoms with van der Waals surface area (Å²) < 4.78 is 31.3. The average molecular weight is 456 g/mol. The second kappa shape index (κ2) is 10.1. The van der Waals surface area contributed by atoms with Gasteiger partial charge in [0, 0.05) is 18.7 Å². The number of anilines is 1. The molecule has 12 heteroatoms. The summed E-state index contributed by atoms with van der Waals surface area (Å²) in [5.41, 5.74) is 0.632. The van der Waals surface area contributed by atoms with Gasteiger partial charge >= 0.3 is 5.97 Å². The van der Waals surface area contributed by atoms with Crippen LogP contribution in [-0.2, 0) is 24.3 Å². The summed E-state index contributed by atoms with van der Waals surface area (Å²) in [5, 5.41) is 13.2. The first kappa shape index (κ1) is 23.3. The van der Waals surface area contributed by atoms with Gasteiger partial charge in [-0.1, -0.05) is 29.3 Å². The molecule has 2 N–H and O–H groups in total. The van der Waals surface area contributed by atoms with Crippen LogP contribution in [0, 0.1) is 17.0 Å². The number of rotatable bonds is 9. The molecule has 2 aromatic carbocycles. The molecule has 0 aliphatic rings. The van der Waals surface area contributed by atoms with E-state index in [9.17, 15) is 28.1 Å². The number of sulfonamides is 1. The van der Waals surface area contributed by atoms with Crippen LogP contribution in [0.1, 0.15) is 12.0 Å². The van der Waals surface area contributed by atoms with Gasteiger partial charge in [-0.2, -0.15) is 0 Å². The maximum Gasteiger partial charge on any atom is 0.307 e. The van der Waals surface area contributed by atoms with Crippen LogP contribution in [0.2, 0.25) is 5.02 Å². The number of nitro benzene ring substituents is 1. The highest BCUT2D eigenvalue weighted by atomic mass is 35.5. The Morgan fingerprint density at radius 3 is 2.47 bits per heavy atom. The van der Waals surface area contributed by atoms with Gasteiger partial charge in [-0.15, -0.1) is 0 Å². The van der Waals surface area contributed by atoms with Crippen LogP contribution in [0.5, 0.6) is 0 Å². The van der Waals surface area contributed by atoms with Gasteiger partial charge in [0.2, 0.25) is 10.0 Å². The Kier molecular flexibility index (Phi) is 7.86. The first-order valence-electron chi connectivity index (χ1n) is 8.54. The largest absolute Gasteiger partial charge is 0.456 e. The fourth-order valence-corrected chi connectivity index (χ4v) is 3.41. The number of hydrogen-bond donors (Lipinski definition) is 2. The molecule has 2 aromatic rings. The van der Waals surface area contributed by atoms with Gasteiger partial charge in [0.1, 0.15) is 0 Å². The third kappa shape index (κ3) is 6.79. The van der Waals surface area contributed by atoms with E-state index >= 15 is 0 Å². The van der Waals surface area contributed by atoms with Crippen molar-refractivity contribution in [1.82, 2.24) is 4.72 Å². The zero-order valence-corrected chi connectivity index (χ0v) is 17.3. The van der Waals surface area contributed by atoms with Gasteiger partial charge in [0.15, 0.2) is 6.61 Å². The average Bonchev–Trinajstić information content (AvgIpc) is 2.68. The van der Waals surface area contributed by atoms with Gasteiger partial charge in [-0.3, -0.25) is 19.7 Å². The lowest BCUT2D eigenvalue weighted by Gasteiger charge is -2.09. The molecule has 0 saturated carbocycles. The highest BCUT2D eigenvalue weighted by Crippen LogP contribution is 2.26. The Morgan fingerprint density at radius 1 is 1.17 bits per heavy atom. The van der Waals surface area contributed by atoms with Gasteiger partial charge in [0.05, 0.1) is 26.9 Å². The normalized spacial score (nSPS) is 11.0. The quantitative estimate of drug-likeness (QED) is 0.335. The number of nitrogens with one attached hydrogen (secondary N) is 2. The maximum absolute atomic E-state index is 12.1. The van der Waals surface area contributed by atoms with Crippen molar-refractivity contribution >= 4 is 44.9 Å². The van der Waals surface area contributed by atoms with Crippen molar-refractivity contribution in [2.75, 3.05) is 18.5 Å². The van der Waals surface area contributed by atoms with E-state index in [2.05, 4.69) is 10.0 Å². The summed E-state index contributed by atoms with van der Waals surface area (Å²) in [6, 6.07) is 9.68. The molecular weight excluding hydrogens is 438 g/mol. The zero-order valence-electron chi connectivity index (χ0n) is 15.8. The molecule has 160 valence electrons. The first-order valence-corrected chi connectivity index (χ1v) is 10.4. The number of ether oxygens (including phenoxy) is 1. The lowest BCUT2D eigenvalue weighted by Crippen LogP contribution is -2.28. The number of nitro groups is 1. The van der Waals surface area contributed by atoms with Crippen LogP contribution in [0.3, 0.4) is 0 Å². The van der Waals surface area contributed by atoms with Crippen molar-refractivity contribution in [3.05, 3.63) is 63.2 Å². The number of non-ortho nitro benzene ring substituents is 1. The molecule has 0 aliphatic carbocycles. The third-order valence-corrected chi connectivity index (χ3v) is 5.56. The van der Waals surface area contributed by atoms with E-state index in [1.807, 2.05) is 6.92 Å². The van der Waals surface area contributed by atoms with Gasteiger partial charge < -0.3 is 10.1 Å². The fraction of sp³-hybridized carbons (Fsp3) is 0.222. The van der Waals surface area contributed by atoms with Crippen LogP contribution >= 0.6 is 11.6 Å². The predicted octanol–water partition coefficient (Wildman–Crippen LogP) is 2.41. The standard InChI is InChI=1S/C18H18ClN3O7S/c1-12-2-5-14(6-3-12)30(27,28)20-9-8-18(24)29-11-17(23)21-16-10-13(22(25)26)4-7-15(16)19/h2-7,10,20H,8-9,11H2,1H3,(H,21,23). The number of hydrogen-bond acceptors (Lipinski definition) is 7. The minimum Gasteiger partial charge on any atom is -0.456 e. The highest BCUT2D eigenvalue weighted by Gasteiger charge is 2.16. The summed E-state index contributed by atoms with van der Waals surface area (Å²) in [6.07, 6.45) is -0.296. The summed E-state index contributed by atoms with van der Waals surface area (Å²) in [7, 11) is -3.77. The topological polar surface area (TPSA) is 145 Å². The minimum absolute atomic E-state index is 0.00206. The van der Waals surface area contributed by atoms with Crippen LogP contribution in [0.4, 0.5) is 11.4 Å². The molecule has 0 atom stereocenters. The van der Waals surface area contributed by atoms with E-state index in [-0.39, 0.29) is 34.3 Å². The molecular formula is C18H18ClN3O7S. The number of amides is 1. The van der Waals surface area contributed by atoms with Gasteiger partial charge in [-0.05, 0) is 25.1 Å². The number of aryl methyl sites for hydroxylation is 1. The Morgan fingerprint density at radius 2 is 1.83 bits per heavy atom. The van der Waals surface area contributed by atoms with E-state index in [4.69, 9.17) is 16.3 Å². The van der Waals surface area contributed by atoms with Crippen LogP contribution < -0.4 is 10.0 Å². The first-order chi connectivity index (χ1) is 14.1. The third-order valence-electron chi connectivity index (χ3n) is 3.75. The number of halogens is 1. The molecule has 0 heterocycles. The smallest absolute Gasteiger partial charge is 0.307 e. The van der Waals surface area contributed by atoms with Crippen LogP contribution in [0.25, 0.3) is 0 Å². The Bertz CT molecular complexity index is 1060. The second-order valence-corrected chi connectivity index (χ2v) is 8.27. The van der Waals surface area contributed by atoms with E-state index < -0.39 is 33.4 Å². The Labute approximate surface area is 177 Å².